The highest BCUT2D eigenvalue weighted by Crippen LogP contribution is 2.26. The second-order valence-electron chi connectivity index (χ2n) is 3.98. The molecule has 2 N–H and O–H groups in total. The molecule has 100 valence electrons. The molecule has 1 amide bonds. The van der Waals surface area contributed by atoms with Gasteiger partial charge in [0.1, 0.15) is 0 Å². The summed E-state index contributed by atoms with van der Waals surface area (Å²) in [7, 11) is 0. The predicted molar refractivity (Wildman–Crippen MR) is 78.3 cm³/mol. The van der Waals surface area contributed by atoms with Crippen LogP contribution in [-0.2, 0) is 4.79 Å². The molecular formula is C13H19ClN2OS. The van der Waals surface area contributed by atoms with E-state index in [0.29, 0.717) is 23.4 Å². The van der Waals surface area contributed by atoms with Gasteiger partial charge in [-0.1, -0.05) is 30.7 Å². The van der Waals surface area contributed by atoms with Gasteiger partial charge in [-0.2, -0.15) is 0 Å². The van der Waals surface area contributed by atoms with Gasteiger partial charge in [0.2, 0.25) is 5.91 Å². The fourth-order valence-corrected chi connectivity index (χ4v) is 2.51. The number of likely N-dealkylation sites (N-methyl/N-ethyl adjacent to an activating group) is 1. The van der Waals surface area contributed by atoms with E-state index in [2.05, 4.69) is 10.6 Å². The highest BCUT2D eigenvalue weighted by molar-refractivity contribution is 8.00. The van der Waals surface area contributed by atoms with Crippen molar-refractivity contribution in [2.24, 2.45) is 0 Å². The van der Waals surface area contributed by atoms with Crippen molar-refractivity contribution >= 4 is 29.3 Å². The minimum absolute atomic E-state index is 0.0321. The van der Waals surface area contributed by atoms with Crippen molar-refractivity contribution in [3.8, 4) is 0 Å². The Hall–Kier alpha value is -0.710. The maximum Gasteiger partial charge on any atom is 0.230 e. The highest BCUT2D eigenvalue weighted by Gasteiger charge is 2.06. The summed E-state index contributed by atoms with van der Waals surface area (Å²) in [6.07, 6.45) is 0. The van der Waals surface area contributed by atoms with Crippen molar-refractivity contribution in [1.82, 2.24) is 10.6 Å². The summed E-state index contributed by atoms with van der Waals surface area (Å²) < 4.78 is 0. The molecule has 18 heavy (non-hydrogen) atoms. The molecule has 1 rings (SSSR count). The van der Waals surface area contributed by atoms with E-state index in [4.69, 9.17) is 11.6 Å². The van der Waals surface area contributed by atoms with Crippen LogP contribution < -0.4 is 10.6 Å². The minimum Gasteiger partial charge on any atom is -0.354 e. The van der Waals surface area contributed by atoms with Gasteiger partial charge < -0.3 is 10.6 Å². The summed E-state index contributed by atoms with van der Waals surface area (Å²) in [4.78, 5) is 12.6. The molecule has 0 spiro atoms. The van der Waals surface area contributed by atoms with Gasteiger partial charge in [0.15, 0.2) is 0 Å². The number of nitrogens with one attached hydrogen (secondary N) is 2. The molecular weight excluding hydrogens is 268 g/mol. The number of rotatable bonds is 7. The van der Waals surface area contributed by atoms with Gasteiger partial charge in [0, 0.05) is 17.5 Å². The van der Waals surface area contributed by atoms with Gasteiger partial charge in [-0.15, -0.1) is 11.8 Å². The number of carbonyl (C=O) groups is 1. The van der Waals surface area contributed by atoms with E-state index in [-0.39, 0.29) is 5.91 Å². The molecule has 0 saturated heterocycles. The van der Waals surface area contributed by atoms with Crippen molar-refractivity contribution in [2.75, 3.05) is 18.8 Å². The van der Waals surface area contributed by atoms with Crippen molar-refractivity contribution < 1.29 is 4.79 Å². The van der Waals surface area contributed by atoms with E-state index in [9.17, 15) is 4.79 Å². The Kier molecular flexibility index (Phi) is 7.16. The van der Waals surface area contributed by atoms with E-state index in [0.717, 1.165) is 11.4 Å². The molecule has 0 aliphatic rings. The molecule has 0 saturated carbocycles. The van der Waals surface area contributed by atoms with Crippen LogP contribution in [0.4, 0.5) is 0 Å². The summed E-state index contributed by atoms with van der Waals surface area (Å²) in [6.45, 7) is 5.65. The average molecular weight is 287 g/mol. The van der Waals surface area contributed by atoms with E-state index >= 15 is 0 Å². The van der Waals surface area contributed by atoms with Crippen LogP contribution in [0.2, 0.25) is 5.02 Å². The smallest absolute Gasteiger partial charge is 0.230 e. The Morgan fingerprint density at radius 1 is 1.44 bits per heavy atom. The van der Waals surface area contributed by atoms with Gasteiger partial charge in [0.05, 0.1) is 10.8 Å². The fraction of sp³-hybridized carbons (Fsp3) is 0.462. The molecule has 1 aromatic carbocycles. The molecule has 0 heterocycles. The van der Waals surface area contributed by atoms with Crippen molar-refractivity contribution in [3.63, 3.8) is 0 Å². The van der Waals surface area contributed by atoms with Crippen LogP contribution in [0.15, 0.2) is 29.2 Å². The topological polar surface area (TPSA) is 41.1 Å². The highest BCUT2D eigenvalue weighted by atomic mass is 35.5. The SMILES string of the molecule is CCN[C@H](C)CNC(=O)CSc1ccccc1Cl. The number of thioether (sulfide) groups is 1. The zero-order chi connectivity index (χ0) is 13.4. The maximum absolute atomic E-state index is 11.6. The van der Waals surface area contributed by atoms with E-state index in [1.54, 1.807) is 0 Å². The second kappa shape index (κ2) is 8.40. The number of amides is 1. The van der Waals surface area contributed by atoms with Crippen LogP contribution in [0.5, 0.6) is 0 Å². The standard InChI is InChI=1S/C13H19ClN2OS/c1-3-15-10(2)8-16-13(17)9-18-12-7-5-4-6-11(12)14/h4-7,10,15H,3,8-9H2,1-2H3,(H,16,17)/t10-/m1/s1. The summed E-state index contributed by atoms with van der Waals surface area (Å²) in [5.41, 5.74) is 0. The lowest BCUT2D eigenvalue weighted by molar-refractivity contribution is -0.118. The lowest BCUT2D eigenvalue weighted by Gasteiger charge is -2.13. The first-order chi connectivity index (χ1) is 8.63. The third-order valence-electron chi connectivity index (χ3n) is 2.35. The quantitative estimate of drug-likeness (QED) is 0.757. The molecule has 0 aliphatic carbocycles. The molecule has 0 bridgehead atoms. The zero-order valence-corrected chi connectivity index (χ0v) is 12.3. The van der Waals surface area contributed by atoms with Crippen LogP contribution in [0.1, 0.15) is 13.8 Å². The summed E-state index contributed by atoms with van der Waals surface area (Å²) in [5, 5.41) is 6.82. The number of hydrogen-bond acceptors (Lipinski definition) is 3. The van der Waals surface area contributed by atoms with Gasteiger partial charge in [0.25, 0.3) is 0 Å². The molecule has 0 fully saturated rings. The average Bonchev–Trinajstić information content (AvgIpc) is 2.36. The lowest BCUT2D eigenvalue weighted by atomic mass is 10.3. The normalized spacial score (nSPS) is 12.2. The molecule has 0 aromatic heterocycles. The Morgan fingerprint density at radius 3 is 2.83 bits per heavy atom. The number of halogens is 1. The Labute approximate surface area is 118 Å². The largest absolute Gasteiger partial charge is 0.354 e. The molecule has 1 atom stereocenters. The van der Waals surface area contributed by atoms with Crippen molar-refractivity contribution in [3.05, 3.63) is 29.3 Å². The van der Waals surface area contributed by atoms with Gasteiger partial charge in [-0.05, 0) is 25.6 Å². The van der Waals surface area contributed by atoms with Crippen LogP contribution >= 0.6 is 23.4 Å². The van der Waals surface area contributed by atoms with Gasteiger partial charge in [-0.25, -0.2) is 0 Å². The Morgan fingerprint density at radius 2 is 2.17 bits per heavy atom. The van der Waals surface area contributed by atoms with Gasteiger partial charge >= 0.3 is 0 Å². The molecule has 3 nitrogen and oxygen atoms in total. The molecule has 0 radical (unpaired) electrons. The lowest BCUT2D eigenvalue weighted by Crippen LogP contribution is -2.39. The summed E-state index contributed by atoms with van der Waals surface area (Å²) >= 11 is 7.47. The molecule has 0 aliphatic heterocycles. The number of carbonyl (C=O) groups excluding carboxylic acids is 1. The third-order valence-corrected chi connectivity index (χ3v) is 3.87. The molecule has 1 aromatic rings. The van der Waals surface area contributed by atoms with Gasteiger partial charge in [-0.3, -0.25) is 4.79 Å². The second-order valence-corrected chi connectivity index (χ2v) is 5.41. The first-order valence-corrected chi connectivity index (χ1v) is 7.37. The van der Waals surface area contributed by atoms with Crippen LogP contribution in [0, 0.1) is 0 Å². The van der Waals surface area contributed by atoms with Crippen LogP contribution in [0.3, 0.4) is 0 Å². The van der Waals surface area contributed by atoms with E-state index < -0.39 is 0 Å². The predicted octanol–water partition coefficient (Wildman–Crippen LogP) is 2.55. The van der Waals surface area contributed by atoms with E-state index in [1.165, 1.54) is 11.8 Å². The molecule has 5 heteroatoms. The Balaban J connectivity index is 2.27. The monoisotopic (exact) mass is 286 g/mol. The van der Waals surface area contributed by atoms with Crippen LogP contribution in [0.25, 0.3) is 0 Å². The molecule has 0 unspecified atom stereocenters. The first-order valence-electron chi connectivity index (χ1n) is 6.01. The zero-order valence-electron chi connectivity index (χ0n) is 10.7. The maximum atomic E-state index is 11.6. The fourth-order valence-electron chi connectivity index (χ4n) is 1.44. The Bertz CT molecular complexity index is 387. The third kappa shape index (κ3) is 5.76. The number of benzene rings is 1. The van der Waals surface area contributed by atoms with E-state index in [1.807, 2.05) is 38.1 Å². The van der Waals surface area contributed by atoms with Crippen LogP contribution in [-0.4, -0.2) is 30.8 Å². The summed E-state index contributed by atoms with van der Waals surface area (Å²) in [6, 6.07) is 7.84. The number of hydrogen-bond donors (Lipinski definition) is 2. The first kappa shape index (κ1) is 15.3. The van der Waals surface area contributed by atoms with Crippen molar-refractivity contribution in [1.29, 1.82) is 0 Å². The summed E-state index contributed by atoms with van der Waals surface area (Å²) in [5.74, 6) is 0.424. The minimum atomic E-state index is 0.0321. The van der Waals surface area contributed by atoms with Crippen molar-refractivity contribution in [2.45, 2.75) is 24.8 Å².